The highest BCUT2D eigenvalue weighted by Crippen LogP contribution is 2.20. The maximum absolute atomic E-state index is 13.3. The van der Waals surface area contributed by atoms with Crippen LogP contribution in [-0.2, 0) is 37.1 Å². The summed E-state index contributed by atoms with van der Waals surface area (Å²) in [5.74, 6) is -4.43. The summed E-state index contributed by atoms with van der Waals surface area (Å²) in [5, 5.41) is 170. The number of carbonyl (C=O) groups is 5. The smallest absolute Gasteiger partial charge is 0.320 e. The van der Waals surface area contributed by atoms with Crippen molar-refractivity contribution in [3.05, 3.63) is 29.6 Å². The zero-order chi connectivity index (χ0) is 56.9. The molecule has 1 aromatic heterocycles. The quantitative estimate of drug-likeness (QED) is 0.0319. The Morgan fingerprint density at radius 3 is 1.11 bits per heavy atom. The van der Waals surface area contributed by atoms with Crippen LogP contribution in [0.25, 0.3) is 0 Å². The highest BCUT2D eigenvalue weighted by molar-refractivity contribution is 5.79. The molecule has 0 radical (unpaired) electrons. The standard InChI is InChI=1S/C46H81N7O22/c1-48(20-30(57)39(66)42(69)33(60)23-54)36(63)8-5-13-51-14-16-52(28(45(72)73)9-11-37(64)49(2)21-31(58)40(67)43(70)34(61)24-55)18-26-6-4-7-27(47-26)19-53(17-15-51)29(46(74)75)10-12-38(65)50(3)22-32(59)41(68)44(71)35(62)25-56/h4,6-7,28-35,39-44,54-62,66-71H,5,8-25H2,1-3H3,(H,72,73)(H,74,75). The molecule has 14 atom stereocenters. The van der Waals surface area contributed by atoms with E-state index in [2.05, 4.69) is 0 Å². The van der Waals surface area contributed by atoms with Crippen molar-refractivity contribution in [3.63, 3.8) is 0 Å². The number of aliphatic hydroxyl groups is 15. The monoisotopic (exact) mass is 1080 g/mol. The molecule has 0 aliphatic carbocycles. The maximum atomic E-state index is 13.3. The molecule has 14 unspecified atom stereocenters. The Hall–Kier alpha value is -4.22. The normalized spacial score (nSPS) is 20.0. The number of hydrogen-bond donors (Lipinski definition) is 17. The summed E-state index contributed by atoms with van der Waals surface area (Å²) in [6, 6.07) is 2.21. The van der Waals surface area contributed by atoms with Gasteiger partial charge in [-0.15, -0.1) is 0 Å². The van der Waals surface area contributed by atoms with Gasteiger partial charge in [-0.1, -0.05) is 6.07 Å². The molecule has 1 aliphatic rings. The van der Waals surface area contributed by atoms with Gasteiger partial charge in [0, 0.05) is 99.3 Å². The number of carbonyl (C=O) groups excluding carboxylic acids is 3. The first-order valence-corrected chi connectivity index (χ1v) is 24.5. The first-order valence-electron chi connectivity index (χ1n) is 24.5. The van der Waals surface area contributed by atoms with Crippen LogP contribution in [0.4, 0.5) is 0 Å². The van der Waals surface area contributed by atoms with Crippen LogP contribution in [0, 0.1) is 0 Å². The lowest BCUT2D eigenvalue weighted by Crippen LogP contribution is -2.50. The topological polar surface area (TPSA) is 462 Å². The third-order valence-corrected chi connectivity index (χ3v) is 13.2. The second-order valence-electron chi connectivity index (χ2n) is 19.0. The number of likely N-dealkylation sites (N-methyl/N-ethyl adjacent to an activating group) is 3. The van der Waals surface area contributed by atoms with E-state index in [1.807, 2.05) is 4.90 Å². The fourth-order valence-electron chi connectivity index (χ4n) is 8.32. The van der Waals surface area contributed by atoms with Crippen LogP contribution < -0.4 is 0 Å². The first-order chi connectivity index (χ1) is 35.2. The average molecular weight is 1080 g/mol. The average Bonchev–Trinajstić information content (AvgIpc) is 3.37. The summed E-state index contributed by atoms with van der Waals surface area (Å²) in [6.45, 7) is -4.13. The minimum absolute atomic E-state index is 0.00254. The van der Waals surface area contributed by atoms with E-state index in [1.54, 1.807) is 28.0 Å². The Labute approximate surface area is 433 Å². The first kappa shape index (κ1) is 66.9. The number of carboxylic acid groups (broad SMARTS) is 2. The molecule has 75 heavy (non-hydrogen) atoms. The predicted molar refractivity (Wildman–Crippen MR) is 258 cm³/mol. The van der Waals surface area contributed by atoms with Gasteiger partial charge in [-0.25, -0.2) is 0 Å². The molecule has 3 amide bonds. The molecular weight excluding hydrogens is 1000 g/mol. The third kappa shape index (κ3) is 21.6. The summed E-state index contributed by atoms with van der Waals surface area (Å²) in [5.41, 5.74) is 0.714. The van der Waals surface area contributed by atoms with Gasteiger partial charge in [0.05, 0.1) is 31.2 Å². The van der Waals surface area contributed by atoms with Crippen molar-refractivity contribution in [3.8, 4) is 0 Å². The van der Waals surface area contributed by atoms with E-state index in [0.29, 0.717) is 11.4 Å². The number of hydrogen-bond acceptors (Lipinski definition) is 24. The van der Waals surface area contributed by atoms with Gasteiger partial charge in [0.25, 0.3) is 0 Å². The molecule has 432 valence electrons. The zero-order valence-corrected chi connectivity index (χ0v) is 42.5. The van der Waals surface area contributed by atoms with Crippen LogP contribution in [-0.4, -0.2) is 330 Å². The zero-order valence-electron chi connectivity index (χ0n) is 42.5. The van der Waals surface area contributed by atoms with E-state index in [0.717, 1.165) is 14.7 Å². The molecule has 0 saturated carbocycles. The highest BCUT2D eigenvalue weighted by Gasteiger charge is 2.36. The van der Waals surface area contributed by atoms with Crippen LogP contribution in [0.5, 0.6) is 0 Å². The van der Waals surface area contributed by atoms with Gasteiger partial charge in [0.15, 0.2) is 0 Å². The van der Waals surface area contributed by atoms with Gasteiger partial charge in [-0.05, 0) is 37.9 Å². The molecule has 2 bridgehead atoms. The molecule has 0 aromatic carbocycles. The summed E-state index contributed by atoms with van der Waals surface area (Å²) in [4.78, 5) is 78.5. The summed E-state index contributed by atoms with van der Waals surface area (Å²) < 4.78 is 0. The van der Waals surface area contributed by atoms with Gasteiger partial charge in [0.1, 0.15) is 85.3 Å². The van der Waals surface area contributed by atoms with Crippen molar-refractivity contribution in [2.75, 3.05) is 93.3 Å². The number of fused-ring (bicyclic) bond motifs is 2. The summed E-state index contributed by atoms with van der Waals surface area (Å²) >= 11 is 0. The van der Waals surface area contributed by atoms with Gasteiger partial charge >= 0.3 is 11.9 Å². The van der Waals surface area contributed by atoms with Crippen molar-refractivity contribution in [2.45, 2.75) is 137 Å². The second kappa shape index (κ2) is 33.2. The SMILES string of the molecule is CN(CC(O)C(O)C(O)C(O)CO)C(=O)CCCN1CCN(C(CCC(=O)N(C)CC(O)C(O)C(O)C(O)CO)C(=O)O)Cc2cccc(n2)CN(C(CCC(=O)N(C)CC(O)C(O)C(O)C(O)CO)C(=O)O)CC1. The molecule has 1 aliphatic heterocycles. The summed E-state index contributed by atoms with van der Waals surface area (Å²) in [7, 11) is 3.86. The fourth-order valence-corrected chi connectivity index (χ4v) is 8.32. The minimum atomic E-state index is -1.95. The lowest BCUT2D eigenvalue weighted by Gasteiger charge is -2.35. The molecule has 0 saturated heterocycles. The number of nitrogens with zero attached hydrogens (tertiary/aromatic N) is 7. The van der Waals surface area contributed by atoms with Crippen LogP contribution in [0.3, 0.4) is 0 Å². The molecular formula is C46H81N7O22. The van der Waals surface area contributed by atoms with Crippen molar-refractivity contribution in [2.24, 2.45) is 0 Å². The molecule has 2 heterocycles. The predicted octanol–water partition coefficient (Wildman–Crippen LogP) is -9.07. The number of amides is 3. The molecule has 17 N–H and O–H groups in total. The molecule has 29 heteroatoms. The molecule has 1 aromatic rings. The van der Waals surface area contributed by atoms with Crippen LogP contribution in [0.2, 0.25) is 0 Å². The number of aliphatic hydroxyl groups excluding tert-OH is 15. The van der Waals surface area contributed by atoms with E-state index < -0.39 is 154 Å². The second-order valence-corrected chi connectivity index (χ2v) is 19.0. The van der Waals surface area contributed by atoms with Gasteiger partial charge < -0.3 is 106 Å². The Bertz CT molecular complexity index is 1800. The molecule has 29 nitrogen and oxygen atoms in total. The lowest BCUT2D eigenvalue weighted by atomic mass is 10.0. The molecule has 0 fully saturated rings. The van der Waals surface area contributed by atoms with Crippen LogP contribution in [0.15, 0.2) is 18.2 Å². The minimum Gasteiger partial charge on any atom is -0.480 e. The largest absolute Gasteiger partial charge is 0.480 e. The number of carboxylic acids is 2. The van der Waals surface area contributed by atoms with Gasteiger partial charge in [-0.2, -0.15) is 0 Å². The third-order valence-electron chi connectivity index (χ3n) is 13.2. The fraction of sp³-hybridized carbons (Fsp3) is 0.783. The molecule has 0 spiro atoms. The number of aliphatic carboxylic acids is 2. The molecule has 2 rings (SSSR count). The van der Waals surface area contributed by atoms with Crippen LogP contribution in [0.1, 0.15) is 49.9 Å². The van der Waals surface area contributed by atoms with Gasteiger partial charge in [-0.3, -0.25) is 38.8 Å². The van der Waals surface area contributed by atoms with Crippen molar-refractivity contribution in [1.29, 1.82) is 0 Å². The lowest BCUT2D eigenvalue weighted by molar-refractivity contribution is -0.146. The summed E-state index contributed by atoms with van der Waals surface area (Å²) in [6.07, 6.45) is -23.5. The van der Waals surface area contributed by atoms with Crippen molar-refractivity contribution < 1.29 is 111 Å². The van der Waals surface area contributed by atoms with Gasteiger partial charge in [0.2, 0.25) is 17.7 Å². The Balaban J connectivity index is 2.43. The van der Waals surface area contributed by atoms with E-state index >= 15 is 0 Å². The van der Waals surface area contributed by atoms with E-state index in [9.17, 15) is 95.5 Å². The Morgan fingerprint density at radius 2 is 0.800 bits per heavy atom. The van der Waals surface area contributed by atoms with E-state index in [1.165, 1.54) is 21.1 Å². The Kier molecular flexibility index (Phi) is 29.6. The highest BCUT2D eigenvalue weighted by atomic mass is 16.4. The van der Waals surface area contributed by atoms with E-state index in [-0.39, 0.29) is 84.3 Å². The van der Waals surface area contributed by atoms with E-state index in [4.69, 9.17) is 20.3 Å². The number of rotatable bonds is 32. The number of aromatic nitrogens is 1. The Morgan fingerprint density at radius 1 is 0.493 bits per heavy atom. The van der Waals surface area contributed by atoms with Crippen molar-refractivity contribution in [1.82, 2.24) is 34.4 Å². The number of pyridine rings is 1. The maximum Gasteiger partial charge on any atom is 0.320 e. The van der Waals surface area contributed by atoms with Crippen molar-refractivity contribution >= 4 is 29.7 Å². The van der Waals surface area contributed by atoms with Crippen LogP contribution >= 0.6 is 0 Å².